The number of hydrazone groups is 1. The Morgan fingerprint density at radius 3 is 2.69 bits per heavy atom. The number of carboxylic acid groups (broad SMARTS) is 1. The van der Waals surface area contributed by atoms with Gasteiger partial charge in [-0.15, -0.1) is 0 Å². The maximum Gasteiger partial charge on any atom is 0.304 e. The quantitative estimate of drug-likeness (QED) is 0.180. The molecule has 3 aromatic rings. The van der Waals surface area contributed by atoms with Gasteiger partial charge in [0.25, 0.3) is 0 Å². The van der Waals surface area contributed by atoms with Gasteiger partial charge in [0, 0.05) is 29.8 Å². The minimum atomic E-state index is -0.886. The first kappa shape index (κ1) is 28.9. The van der Waals surface area contributed by atoms with E-state index in [1.54, 1.807) is 31.4 Å². The number of hydrogen-bond acceptors (Lipinski definition) is 10. The molecule has 11 heteroatoms. The molecule has 0 amide bonds. The first-order valence-corrected chi connectivity index (χ1v) is 12.3. The molecule has 0 aliphatic carbocycles. The Bertz CT molecular complexity index is 1410. The fraction of sp³-hybridized carbons (Fsp3) is 0.321. The Hall–Kier alpha value is -4.69. The van der Waals surface area contributed by atoms with Gasteiger partial charge < -0.3 is 21.0 Å². The summed E-state index contributed by atoms with van der Waals surface area (Å²) in [5, 5.41) is 25.6. The van der Waals surface area contributed by atoms with Crippen LogP contribution in [0.2, 0.25) is 0 Å². The number of aliphatic imine (C=N–C) groups is 1. The van der Waals surface area contributed by atoms with E-state index in [4.69, 9.17) is 10.6 Å². The van der Waals surface area contributed by atoms with Crippen LogP contribution in [-0.2, 0) is 21.5 Å². The normalized spacial score (nSPS) is 12.7. The molecule has 1 atom stereocenters. The van der Waals surface area contributed by atoms with Gasteiger partial charge in [0.2, 0.25) is 5.95 Å². The zero-order chi connectivity index (χ0) is 28.4. The molecule has 0 unspecified atom stereocenters. The lowest BCUT2D eigenvalue weighted by atomic mass is 9.85. The van der Waals surface area contributed by atoms with Crippen LogP contribution in [-0.4, -0.2) is 57.7 Å². The van der Waals surface area contributed by atoms with Crippen molar-refractivity contribution in [1.82, 2.24) is 15.0 Å². The predicted molar refractivity (Wildman–Crippen MR) is 150 cm³/mol. The predicted octanol–water partition coefficient (Wildman–Crippen LogP) is 3.54. The van der Waals surface area contributed by atoms with Gasteiger partial charge in [-0.2, -0.15) is 10.4 Å². The lowest BCUT2D eigenvalue weighted by Crippen LogP contribution is -2.23. The molecule has 0 bridgehead atoms. The second-order valence-electron chi connectivity index (χ2n) is 9.61. The van der Waals surface area contributed by atoms with Crippen LogP contribution in [0.4, 0.5) is 5.95 Å². The third-order valence-electron chi connectivity index (χ3n) is 5.77. The van der Waals surface area contributed by atoms with E-state index in [-0.39, 0.29) is 19.0 Å². The molecule has 0 aliphatic rings. The minimum absolute atomic E-state index is 0.0383. The van der Waals surface area contributed by atoms with Crippen molar-refractivity contribution >= 4 is 23.8 Å². The van der Waals surface area contributed by atoms with Crippen molar-refractivity contribution < 1.29 is 14.6 Å². The molecule has 11 nitrogen and oxygen atoms in total. The van der Waals surface area contributed by atoms with Crippen molar-refractivity contribution in [1.29, 1.82) is 5.26 Å². The van der Waals surface area contributed by atoms with Crippen molar-refractivity contribution in [2.24, 2.45) is 15.9 Å². The number of nitriles is 1. The standard InChI is InChI=1S/C28H32N8O3/c1-18(17-39-4)32-27-34-22(20-8-5-7-19(11-20)14-29)12-23(35-27)24(36-30)16-31-15-21-9-6-10-25(33-21)28(2,3)13-26(37)38/h5-12,16,18H,13,15,17,30H2,1-4H3,(H,37,38)(H,32,34,35)/t18-/m1/s1. The van der Waals surface area contributed by atoms with Crippen molar-refractivity contribution in [3.05, 3.63) is 71.2 Å². The highest BCUT2D eigenvalue weighted by atomic mass is 16.5. The topological polar surface area (TPSA) is 172 Å². The molecular formula is C28H32N8O3. The van der Waals surface area contributed by atoms with Gasteiger partial charge in [0.15, 0.2) is 0 Å². The number of nitrogens with zero attached hydrogens (tertiary/aromatic N) is 6. The van der Waals surface area contributed by atoms with Crippen LogP contribution in [0.1, 0.15) is 49.8 Å². The van der Waals surface area contributed by atoms with Crippen LogP contribution in [0.3, 0.4) is 0 Å². The van der Waals surface area contributed by atoms with Gasteiger partial charge >= 0.3 is 5.97 Å². The smallest absolute Gasteiger partial charge is 0.304 e. The SMILES string of the molecule is COC[C@@H](C)Nc1nc(C(C=NCc2cccc(C(C)(C)CC(=O)O)n2)=NN)cc(-c2cccc(C#N)c2)n1. The lowest BCUT2D eigenvalue weighted by molar-refractivity contribution is -0.138. The Kier molecular flexibility index (Phi) is 9.78. The van der Waals surface area contributed by atoms with Crippen molar-refractivity contribution in [2.45, 2.75) is 45.2 Å². The molecule has 2 aromatic heterocycles. The molecule has 2 heterocycles. The van der Waals surface area contributed by atoms with Crippen LogP contribution >= 0.6 is 0 Å². The van der Waals surface area contributed by atoms with E-state index in [9.17, 15) is 15.2 Å². The maximum absolute atomic E-state index is 11.2. The molecule has 0 spiro atoms. The van der Waals surface area contributed by atoms with E-state index in [1.807, 2.05) is 45.0 Å². The molecule has 0 saturated heterocycles. The third-order valence-corrected chi connectivity index (χ3v) is 5.77. The zero-order valence-electron chi connectivity index (χ0n) is 22.4. The molecular weight excluding hydrogens is 496 g/mol. The minimum Gasteiger partial charge on any atom is -0.481 e. The molecule has 3 rings (SSSR count). The summed E-state index contributed by atoms with van der Waals surface area (Å²) >= 11 is 0. The van der Waals surface area contributed by atoms with Gasteiger partial charge in [0.1, 0.15) is 5.71 Å². The average molecular weight is 529 g/mol. The number of methoxy groups -OCH3 is 1. The summed E-state index contributed by atoms with van der Waals surface area (Å²) in [6, 6.07) is 16.4. The Morgan fingerprint density at radius 2 is 2.00 bits per heavy atom. The van der Waals surface area contributed by atoms with E-state index in [2.05, 4.69) is 36.4 Å². The van der Waals surface area contributed by atoms with Crippen LogP contribution in [0, 0.1) is 11.3 Å². The maximum atomic E-state index is 11.2. The number of carbonyl (C=O) groups is 1. The number of ether oxygens (including phenoxy) is 1. The summed E-state index contributed by atoms with van der Waals surface area (Å²) < 4.78 is 5.21. The Morgan fingerprint density at radius 1 is 1.23 bits per heavy atom. The van der Waals surface area contributed by atoms with Crippen LogP contribution in [0.5, 0.6) is 0 Å². The molecule has 0 aliphatic heterocycles. The van der Waals surface area contributed by atoms with Gasteiger partial charge in [-0.1, -0.05) is 32.0 Å². The summed E-state index contributed by atoms with van der Waals surface area (Å²) in [5.74, 6) is 5.19. The van der Waals surface area contributed by atoms with E-state index in [1.165, 1.54) is 6.21 Å². The van der Waals surface area contributed by atoms with Crippen LogP contribution < -0.4 is 11.2 Å². The molecule has 0 saturated carbocycles. The second-order valence-corrected chi connectivity index (χ2v) is 9.61. The number of aromatic nitrogens is 3. The molecule has 4 N–H and O–H groups in total. The Balaban J connectivity index is 1.90. The first-order chi connectivity index (χ1) is 18.6. The van der Waals surface area contributed by atoms with Gasteiger partial charge in [-0.25, -0.2) is 9.97 Å². The summed E-state index contributed by atoms with van der Waals surface area (Å²) in [4.78, 5) is 29.5. The van der Waals surface area contributed by atoms with E-state index in [0.717, 1.165) is 5.56 Å². The Labute approximate surface area is 227 Å². The number of nitrogens with one attached hydrogen (secondary N) is 1. The summed E-state index contributed by atoms with van der Waals surface area (Å²) in [5.41, 5.74) is 3.29. The highest BCUT2D eigenvalue weighted by Gasteiger charge is 2.25. The number of nitrogens with two attached hydrogens (primary N) is 1. The second kappa shape index (κ2) is 13.2. The van der Waals surface area contributed by atoms with Crippen molar-refractivity contribution in [3.63, 3.8) is 0 Å². The highest BCUT2D eigenvalue weighted by molar-refractivity contribution is 6.37. The fourth-order valence-electron chi connectivity index (χ4n) is 3.86. The molecule has 202 valence electrons. The van der Waals surface area contributed by atoms with Gasteiger partial charge in [0.05, 0.1) is 54.5 Å². The summed E-state index contributed by atoms with van der Waals surface area (Å²) in [6.07, 6.45) is 1.47. The fourth-order valence-corrected chi connectivity index (χ4v) is 3.86. The largest absolute Gasteiger partial charge is 0.481 e. The molecule has 39 heavy (non-hydrogen) atoms. The van der Waals surface area contributed by atoms with E-state index >= 15 is 0 Å². The van der Waals surface area contributed by atoms with Gasteiger partial charge in [-0.05, 0) is 37.3 Å². The number of benzene rings is 1. The number of carboxylic acids is 1. The van der Waals surface area contributed by atoms with E-state index < -0.39 is 11.4 Å². The van der Waals surface area contributed by atoms with Crippen molar-refractivity contribution in [2.75, 3.05) is 19.0 Å². The van der Waals surface area contributed by atoms with Crippen LogP contribution in [0.25, 0.3) is 11.3 Å². The third kappa shape index (κ3) is 8.15. The van der Waals surface area contributed by atoms with Crippen molar-refractivity contribution in [3.8, 4) is 17.3 Å². The first-order valence-electron chi connectivity index (χ1n) is 12.3. The number of anilines is 1. The highest BCUT2D eigenvalue weighted by Crippen LogP contribution is 2.25. The monoisotopic (exact) mass is 528 g/mol. The molecule has 0 fully saturated rings. The number of hydrogen-bond donors (Lipinski definition) is 3. The lowest BCUT2D eigenvalue weighted by Gasteiger charge is -2.22. The number of aliphatic carboxylic acids is 1. The summed E-state index contributed by atoms with van der Waals surface area (Å²) in [7, 11) is 1.61. The zero-order valence-corrected chi connectivity index (χ0v) is 22.4. The van der Waals surface area contributed by atoms with Crippen LogP contribution in [0.15, 0.2) is 58.6 Å². The summed E-state index contributed by atoms with van der Waals surface area (Å²) in [6.45, 7) is 6.30. The number of rotatable bonds is 12. The average Bonchev–Trinajstić information content (AvgIpc) is 2.90. The van der Waals surface area contributed by atoms with E-state index in [0.29, 0.717) is 46.6 Å². The molecule has 1 aromatic carbocycles. The molecule has 0 radical (unpaired) electrons. The number of pyridine rings is 1. The van der Waals surface area contributed by atoms with Gasteiger partial charge in [-0.3, -0.25) is 14.8 Å².